The summed E-state index contributed by atoms with van der Waals surface area (Å²) in [5, 5.41) is 7.57. The first-order valence-corrected chi connectivity index (χ1v) is 9.10. The molecule has 138 valence electrons. The zero-order chi connectivity index (χ0) is 18.7. The van der Waals surface area contributed by atoms with E-state index in [2.05, 4.69) is 19.9 Å². The van der Waals surface area contributed by atoms with Crippen molar-refractivity contribution in [3.05, 3.63) is 41.9 Å². The van der Waals surface area contributed by atoms with E-state index in [9.17, 15) is 8.42 Å². The predicted octanol–water partition coefficient (Wildman–Crippen LogP) is 1.87. The third-order valence-electron chi connectivity index (χ3n) is 3.64. The molecule has 3 rings (SSSR count). The molecule has 0 fully saturated rings. The minimum absolute atomic E-state index is 0.0730. The molecule has 0 aliphatic rings. The molecule has 0 saturated heterocycles. The number of aromatic nitrogens is 3. The molecule has 0 radical (unpaired) electrons. The van der Waals surface area contributed by atoms with Gasteiger partial charge in [-0.25, -0.2) is 13.1 Å². The third-order valence-corrected chi connectivity index (χ3v) is 5.02. The molecule has 0 aliphatic carbocycles. The Morgan fingerprint density at radius 1 is 1.15 bits per heavy atom. The van der Waals surface area contributed by atoms with Crippen LogP contribution in [0.4, 0.5) is 0 Å². The van der Waals surface area contributed by atoms with Gasteiger partial charge >= 0.3 is 0 Å². The molecule has 26 heavy (non-hydrogen) atoms. The van der Waals surface area contributed by atoms with Crippen LogP contribution >= 0.6 is 0 Å². The lowest BCUT2D eigenvalue weighted by Crippen LogP contribution is -2.22. The van der Waals surface area contributed by atoms with E-state index in [1.54, 1.807) is 25.1 Å². The molecule has 0 amide bonds. The summed E-state index contributed by atoms with van der Waals surface area (Å²) in [5.74, 6) is 1.72. The Bertz CT molecular complexity index is 1010. The summed E-state index contributed by atoms with van der Waals surface area (Å²) in [6.07, 6.45) is 1.37. The van der Waals surface area contributed by atoms with Crippen LogP contribution in [-0.2, 0) is 16.6 Å². The fraction of sp³-hybridized carbons (Fsp3) is 0.250. The van der Waals surface area contributed by atoms with E-state index < -0.39 is 10.0 Å². The molecule has 0 atom stereocenters. The topological polar surface area (TPSA) is 119 Å². The Hall–Kier alpha value is -2.85. The number of benzene rings is 1. The van der Waals surface area contributed by atoms with Crippen molar-refractivity contribution < 1.29 is 22.3 Å². The highest BCUT2D eigenvalue weighted by atomic mass is 32.2. The van der Waals surface area contributed by atoms with Gasteiger partial charge in [0.1, 0.15) is 10.6 Å². The lowest BCUT2D eigenvalue weighted by molar-refractivity contribution is 0.354. The molecule has 1 aromatic carbocycles. The van der Waals surface area contributed by atoms with E-state index in [1.807, 2.05) is 0 Å². The number of rotatable bonds is 7. The molecule has 2 aromatic heterocycles. The molecule has 0 unspecified atom stereocenters. The summed E-state index contributed by atoms with van der Waals surface area (Å²) in [6.45, 7) is 1.75. The van der Waals surface area contributed by atoms with Crippen LogP contribution in [0.2, 0.25) is 0 Å². The van der Waals surface area contributed by atoms with Crippen molar-refractivity contribution in [1.82, 2.24) is 19.9 Å². The Balaban J connectivity index is 1.74. The van der Waals surface area contributed by atoms with Gasteiger partial charge in [0.05, 0.1) is 14.2 Å². The molecule has 3 aromatic rings. The van der Waals surface area contributed by atoms with Crippen molar-refractivity contribution in [3.8, 4) is 23.1 Å². The van der Waals surface area contributed by atoms with Gasteiger partial charge in [0.2, 0.25) is 15.9 Å². The molecule has 0 saturated carbocycles. The minimum Gasteiger partial charge on any atom is -0.493 e. The SMILES string of the molecule is COc1ccc(CNS(=O)(=O)c2c[nH]c(-c3nnc(C)o3)c2)cc1OC. The van der Waals surface area contributed by atoms with E-state index in [0.29, 0.717) is 23.1 Å². The number of H-pyrrole nitrogens is 1. The highest BCUT2D eigenvalue weighted by Gasteiger charge is 2.18. The number of nitrogens with one attached hydrogen (secondary N) is 2. The van der Waals surface area contributed by atoms with Gasteiger partial charge < -0.3 is 18.9 Å². The number of methoxy groups -OCH3 is 2. The molecule has 0 bridgehead atoms. The van der Waals surface area contributed by atoms with Gasteiger partial charge in [-0.05, 0) is 23.8 Å². The van der Waals surface area contributed by atoms with Crippen molar-refractivity contribution in [2.45, 2.75) is 18.4 Å². The first-order valence-electron chi connectivity index (χ1n) is 7.62. The largest absolute Gasteiger partial charge is 0.493 e. The second-order valence-electron chi connectivity index (χ2n) is 5.39. The van der Waals surface area contributed by atoms with Gasteiger partial charge in [-0.15, -0.1) is 10.2 Å². The highest BCUT2D eigenvalue weighted by molar-refractivity contribution is 7.89. The van der Waals surface area contributed by atoms with Crippen LogP contribution in [0.3, 0.4) is 0 Å². The monoisotopic (exact) mass is 378 g/mol. The standard InChI is InChI=1S/C16H18N4O5S/c1-10-19-20-16(25-10)13-7-12(9-17-13)26(21,22)18-8-11-4-5-14(23-2)15(6-11)24-3/h4-7,9,17-18H,8H2,1-3H3. The van der Waals surface area contributed by atoms with Gasteiger partial charge in [-0.2, -0.15) is 0 Å². The number of sulfonamides is 1. The maximum absolute atomic E-state index is 12.5. The summed E-state index contributed by atoms with van der Waals surface area (Å²) in [6, 6.07) is 6.62. The Morgan fingerprint density at radius 3 is 2.58 bits per heavy atom. The Morgan fingerprint density at radius 2 is 1.92 bits per heavy atom. The summed E-state index contributed by atoms with van der Waals surface area (Å²) in [5.41, 5.74) is 1.16. The lowest BCUT2D eigenvalue weighted by atomic mass is 10.2. The Labute approximate surface area is 150 Å². The number of aryl methyl sites for hydroxylation is 1. The van der Waals surface area contributed by atoms with Crippen molar-refractivity contribution in [2.75, 3.05) is 14.2 Å². The molecule has 2 N–H and O–H groups in total. The van der Waals surface area contributed by atoms with Crippen LogP contribution in [0.1, 0.15) is 11.5 Å². The van der Waals surface area contributed by atoms with Gasteiger partial charge in [-0.3, -0.25) is 0 Å². The smallest absolute Gasteiger partial charge is 0.264 e. The van der Waals surface area contributed by atoms with Gasteiger partial charge in [0.25, 0.3) is 5.89 Å². The molecule has 9 nitrogen and oxygen atoms in total. The van der Waals surface area contributed by atoms with Gasteiger partial charge in [0.15, 0.2) is 11.5 Å². The molecular weight excluding hydrogens is 360 g/mol. The normalized spacial score (nSPS) is 11.5. The lowest BCUT2D eigenvalue weighted by Gasteiger charge is -2.10. The van der Waals surface area contributed by atoms with E-state index >= 15 is 0 Å². The number of aromatic amines is 1. The number of hydrogen-bond donors (Lipinski definition) is 2. The maximum atomic E-state index is 12.5. The minimum atomic E-state index is -3.72. The van der Waals surface area contributed by atoms with Crippen molar-refractivity contribution in [3.63, 3.8) is 0 Å². The molecule has 10 heteroatoms. The van der Waals surface area contributed by atoms with E-state index in [0.717, 1.165) is 5.56 Å². The third kappa shape index (κ3) is 3.70. The zero-order valence-electron chi connectivity index (χ0n) is 14.4. The number of hydrogen-bond acceptors (Lipinski definition) is 7. The van der Waals surface area contributed by atoms with Crippen molar-refractivity contribution in [2.24, 2.45) is 0 Å². The summed E-state index contributed by atoms with van der Waals surface area (Å²) < 4.78 is 43.2. The van der Waals surface area contributed by atoms with Gasteiger partial charge in [0, 0.05) is 19.7 Å². The highest BCUT2D eigenvalue weighted by Crippen LogP contribution is 2.27. The molecular formula is C16H18N4O5S. The van der Waals surface area contributed by atoms with E-state index in [1.165, 1.54) is 26.5 Å². The predicted molar refractivity (Wildman–Crippen MR) is 92.4 cm³/mol. The zero-order valence-corrected chi connectivity index (χ0v) is 15.3. The summed E-state index contributed by atoms with van der Waals surface area (Å²) in [7, 11) is -0.661. The van der Waals surface area contributed by atoms with E-state index in [4.69, 9.17) is 13.9 Å². The first kappa shape index (κ1) is 18.0. The Kier molecular flexibility index (Phi) is 4.96. The molecule has 0 aliphatic heterocycles. The average molecular weight is 378 g/mol. The van der Waals surface area contributed by atoms with Crippen LogP contribution in [0.5, 0.6) is 11.5 Å². The van der Waals surface area contributed by atoms with Gasteiger partial charge in [-0.1, -0.05) is 6.07 Å². The van der Waals surface area contributed by atoms with Crippen LogP contribution in [-0.4, -0.2) is 37.8 Å². The van der Waals surface area contributed by atoms with Crippen molar-refractivity contribution in [1.29, 1.82) is 0 Å². The quantitative estimate of drug-likeness (QED) is 0.644. The number of ether oxygens (including phenoxy) is 2. The number of nitrogens with zero attached hydrogens (tertiary/aromatic N) is 2. The molecule has 0 spiro atoms. The van der Waals surface area contributed by atoms with Crippen LogP contribution < -0.4 is 14.2 Å². The van der Waals surface area contributed by atoms with Crippen LogP contribution in [0.25, 0.3) is 11.6 Å². The summed E-state index contributed by atoms with van der Waals surface area (Å²) in [4.78, 5) is 2.89. The first-order chi connectivity index (χ1) is 12.4. The van der Waals surface area contributed by atoms with Crippen LogP contribution in [0, 0.1) is 6.92 Å². The van der Waals surface area contributed by atoms with E-state index in [-0.39, 0.29) is 17.3 Å². The van der Waals surface area contributed by atoms with Crippen molar-refractivity contribution >= 4 is 10.0 Å². The molecule has 2 heterocycles. The average Bonchev–Trinajstić information content (AvgIpc) is 3.29. The fourth-order valence-corrected chi connectivity index (χ4v) is 3.32. The second-order valence-corrected chi connectivity index (χ2v) is 7.16. The maximum Gasteiger partial charge on any atom is 0.264 e. The summed E-state index contributed by atoms with van der Waals surface area (Å²) >= 11 is 0. The second kappa shape index (κ2) is 7.18. The van der Waals surface area contributed by atoms with Crippen LogP contribution in [0.15, 0.2) is 39.8 Å². The fourth-order valence-electron chi connectivity index (χ4n) is 2.31.